The minimum absolute atomic E-state index is 0.398. The van der Waals surface area contributed by atoms with Gasteiger partial charge in [0.25, 0.3) is 0 Å². The molecule has 0 unspecified atom stereocenters. The maximum absolute atomic E-state index is 5.35. The molecule has 2 heterocycles. The van der Waals surface area contributed by atoms with Gasteiger partial charge in [0.05, 0.1) is 6.10 Å². The summed E-state index contributed by atoms with van der Waals surface area (Å²) >= 11 is 0. The van der Waals surface area contributed by atoms with Crippen molar-refractivity contribution in [2.45, 2.75) is 25.5 Å². The van der Waals surface area contributed by atoms with Gasteiger partial charge in [0.1, 0.15) is 0 Å². The van der Waals surface area contributed by atoms with Crippen LogP contribution in [0.3, 0.4) is 0 Å². The van der Waals surface area contributed by atoms with Gasteiger partial charge in [-0.1, -0.05) is 0 Å². The van der Waals surface area contributed by atoms with E-state index in [2.05, 4.69) is 20.2 Å². The highest BCUT2D eigenvalue weighted by atomic mass is 16.5. The maximum atomic E-state index is 5.35. The molecule has 1 saturated heterocycles. The predicted molar refractivity (Wildman–Crippen MR) is 67.0 cm³/mol. The molecule has 1 aliphatic heterocycles. The molecule has 0 saturated carbocycles. The molecule has 0 aromatic carbocycles. The van der Waals surface area contributed by atoms with Crippen LogP contribution in [0.15, 0.2) is 12.4 Å². The van der Waals surface area contributed by atoms with Crippen molar-refractivity contribution in [2.24, 2.45) is 0 Å². The molecule has 0 aliphatic carbocycles. The van der Waals surface area contributed by atoms with E-state index in [-0.39, 0.29) is 0 Å². The fraction of sp³-hybridized carbons (Fsp3) is 0.667. The first-order valence-corrected chi connectivity index (χ1v) is 6.06. The van der Waals surface area contributed by atoms with Gasteiger partial charge in [-0.15, -0.1) is 0 Å². The smallest absolute Gasteiger partial charge is 0.225 e. The molecule has 94 valence electrons. The summed E-state index contributed by atoms with van der Waals surface area (Å²) in [4.78, 5) is 11.0. The van der Waals surface area contributed by atoms with E-state index < -0.39 is 0 Å². The highest BCUT2D eigenvalue weighted by Crippen LogP contribution is 2.17. The fourth-order valence-electron chi connectivity index (χ4n) is 2.10. The Labute approximate surface area is 102 Å². The normalized spacial score (nSPS) is 17.4. The van der Waals surface area contributed by atoms with Gasteiger partial charge >= 0.3 is 0 Å². The Kier molecular flexibility index (Phi) is 4.28. The minimum Gasteiger partial charge on any atom is -0.381 e. The lowest BCUT2D eigenvalue weighted by atomic mass is 10.1. The van der Waals surface area contributed by atoms with E-state index >= 15 is 0 Å². The second-order valence-electron chi connectivity index (χ2n) is 4.34. The fourth-order valence-corrected chi connectivity index (χ4v) is 2.10. The third-order valence-electron chi connectivity index (χ3n) is 3.13. The zero-order valence-corrected chi connectivity index (χ0v) is 10.5. The largest absolute Gasteiger partial charge is 0.381 e. The molecule has 17 heavy (non-hydrogen) atoms. The van der Waals surface area contributed by atoms with E-state index in [1.807, 2.05) is 19.4 Å². The van der Waals surface area contributed by atoms with Crippen molar-refractivity contribution in [1.82, 2.24) is 15.3 Å². The van der Waals surface area contributed by atoms with Crippen LogP contribution in [0.1, 0.15) is 18.4 Å². The summed E-state index contributed by atoms with van der Waals surface area (Å²) in [6.45, 7) is 2.76. The van der Waals surface area contributed by atoms with Gasteiger partial charge in [0, 0.05) is 44.7 Å². The Bertz CT molecular complexity index is 333. The number of nitrogens with one attached hydrogen (secondary N) is 1. The Hall–Kier alpha value is -1.20. The number of anilines is 1. The van der Waals surface area contributed by atoms with E-state index in [0.29, 0.717) is 6.10 Å². The zero-order valence-electron chi connectivity index (χ0n) is 10.5. The number of nitrogens with zero attached hydrogens (tertiary/aromatic N) is 3. The summed E-state index contributed by atoms with van der Waals surface area (Å²) in [6.07, 6.45) is 6.29. The number of hydrogen-bond acceptors (Lipinski definition) is 5. The van der Waals surface area contributed by atoms with Crippen LogP contribution in [0.2, 0.25) is 0 Å². The molecule has 1 fully saturated rings. The van der Waals surface area contributed by atoms with Crippen molar-refractivity contribution in [1.29, 1.82) is 0 Å². The van der Waals surface area contributed by atoms with Gasteiger partial charge in [-0.25, -0.2) is 9.97 Å². The molecule has 2 rings (SSSR count). The summed E-state index contributed by atoms with van der Waals surface area (Å²) < 4.78 is 5.35. The van der Waals surface area contributed by atoms with Gasteiger partial charge in [-0.2, -0.15) is 0 Å². The van der Waals surface area contributed by atoms with E-state index in [9.17, 15) is 0 Å². The lowest BCUT2D eigenvalue weighted by Gasteiger charge is -2.31. The van der Waals surface area contributed by atoms with Crippen LogP contribution in [0, 0.1) is 0 Å². The second kappa shape index (κ2) is 5.93. The Morgan fingerprint density at radius 1 is 1.35 bits per heavy atom. The van der Waals surface area contributed by atoms with Crippen molar-refractivity contribution < 1.29 is 4.74 Å². The number of methoxy groups -OCH3 is 1. The standard InChI is InChI=1S/C12H20N4O/c1-13-7-10-8-14-12(15-9-10)16-5-3-11(17-2)4-6-16/h8-9,11,13H,3-7H2,1-2H3. The van der Waals surface area contributed by atoms with Crippen molar-refractivity contribution >= 4 is 5.95 Å². The quantitative estimate of drug-likeness (QED) is 0.838. The molecule has 1 aliphatic rings. The Morgan fingerprint density at radius 3 is 2.53 bits per heavy atom. The Balaban J connectivity index is 1.94. The topological polar surface area (TPSA) is 50.3 Å². The molecular weight excluding hydrogens is 216 g/mol. The molecule has 1 aromatic rings. The van der Waals surface area contributed by atoms with E-state index in [1.54, 1.807) is 7.11 Å². The lowest BCUT2D eigenvalue weighted by molar-refractivity contribution is 0.0816. The predicted octanol–water partition coefficient (Wildman–Crippen LogP) is 0.811. The van der Waals surface area contributed by atoms with Crippen LogP contribution in [0.4, 0.5) is 5.95 Å². The van der Waals surface area contributed by atoms with Gasteiger partial charge in [0.15, 0.2) is 0 Å². The highest BCUT2D eigenvalue weighted by molar-refractivity contribution is 5.30. The molecule has 0 radical (unpaired) electrons. The van der Waals surface area contributed by atoms with Crippen LogP contribution in [-0.4, -0.2) is 43.3 Å². The van der Waals surface area contributed by atoms with E-state index in [4.69, 9.17) is 4.74 Å². The summed E-state index contributed by atoms with van der Waals surface area (Å²) in [5.74, 6) is 0.833. The molecule has 5 nitrogen and oxygen atoms in total. The average molecular weight is 236 g/mol. The highest BCUT2D eigenvalue weighted by Gasteiger charge is 2.20. The molecule has 0 amide bonds. The molecule has 1 N–H and O–H groups in total. The first-order chi connectivity index (χ1) is 8.33. The molecule has 1 aromatic heterocycles. The minimum atomic E-state index is 0.398. The van der Waals surface area contributed by atoms with Crippen LogP contribution in [-0.2, 0) is 11.3 Å². The lowest BCUT2D eigenvalue weighted by Crippen LogP contribution is -2.37. The van der Waals surface area contributed by atoms with E-state index in [1.165, 1.54) is 0 Å². The molecule has 5 heteroatoms. The van der Waals surface area contributed by atoms with E-state index in [0.717, 1.165) is 44.0 Å². The third-order valence-corrected chi connectivity index (χ3v) is 3.13. The Morgan fingerprint density at radius 2 is 2.00 bits per heavy atom. The first-order valence-electron chi connectivity index (χ1n) is 6.06. The van der Waals surface area contributed by atoms with Crippen molar-refractivity contribution in [3.63, 3.8) is 0 Å². The van der Waals surface area contributed by atoms with Gasteiger partial charge in [-0.05, 0) is 19.9 Å². The molecule has 0 bridgehead atoms. The maximum Gasteiger partial charge on any atom is 0.225 e. The number of hydrogen-bond donors (Lipinski definition) is 1. The number of rotatable bonds is 4. The monoisotopic (exact) mass is 236 g/mol. The van der Waals surface area contributed by atoms with Crippen LogP contribution < -0.4 is 10.2 Å². The van der Waals surface area contributed by atoms with Crippen LogP contribution in [0.5, 0.6) is 0 Å². The number of ether oxygens (including phenoxy) is 1. The SMILES string of the molecule is CNCc1cnc(N2CCC(OC)CC2)nc1. The summed E-state index contributed by atoms with van der Waals surface area (Å²) in [5.41, 5.74) is 1.11. The van der Waals surface area contributed by atoms with Gasteiger partial charge < -0.3 is 15.0 Å². The summed E-state index contributed by atoms with van der Waals surface area (Å²) in [7, 11) is 3.70. The van der Waals surface area contributed by atoms with Crippen molar-refractivity contribution in [3.05, 3.63) is 18.0 Å². The van der Waals surface area contributed by atoms with Crippen LogP contribution in [0.25, 0.3) is 0 Å². The zero-order chi connectivity index (χ0) is 12.1. The van der Waals surface area contributed by atoms with Gasteiger partial charge in [0.2, 0.25) is 5.95 Å². The summed E-state index contributed by atoms with van der Waals surface area (Å²) in [6, 6.07) is 0. The number of piperidine rings is 1. The van der Waals surface area contributed by atoms with Crippen molar-refractivity contribution in [2.75, 3.05) is 32.1 Å². The average Bonchev–Trinajstić information content (AvgIpc) is 2.40. The third kappa shape index (κ3) is 3.14. The molecule has 0 atom stereocenters. The molecule has 0 spiro atoms. The summed E-state index contributed by atoms with van der Waals surface area (Å²) in [5, 5.41) is 3.09. The first kappa shape index (κ1) is 12.3. The van der Waals surface area contributed by atoms with Crippen molar-refractivity contribution in [3.8, 4) is 0 Å². The number of aromatic nitrogens is 2. The van der Waals surface area contributed by atoms with Gasteiger partial charge in [-0.3, -0.25) is 0 Å². The second-order valence-corrected chi connectivity index (χ2v) is 4.34. The molecular formula is C12H20N4O. The van der Waals surface area contributed by atoms with Crippen LogP contribution >= 0.6 is 0 Å².